The van der Waals surface area contributed by atoms with Crippen LogP contribution in [-0.4, -0.2) is 22.9 Å². The van der Waals surface area contributed by atoms with Crippen LogP contribution in [-0.2, 0) is 11.2 Å². The van der Waals surface area contributed by atoms with E-state index >= 15 is 0 Å². The first kappa shape index (κ1) is 23.0. The van der Waals surface area contributed by atoms with Crippen LogP contribution in [0.2, 0.25) is 0 Å². The van der Waals surface area contributed by atoms with Crippen LogP contribution in [0.5, 0.6) is 0 Å². The average Bonchev–Trinajstić information content (AvgIpc) is 2.72. The summed E-state index contributed by atoms with van der Waals surface area (Å²) >= 11 is 0. The van der Waals surface area contributed by atoms with Gasteiger partial charge in [-0.3, -0.25) is 0 Å². The van der Waals surface area contributed by atoms with E-state index in [1.807, 2.05) is 24.3 Å². The van der Waals surface area contributed by atoms with Crippen molar-refractivity contribution in [1.29, 1.82) is 0 Å². The van der Waals surface area contributed by atoms with Crippen molar-refractivity contribution in [3.05, 3.63) is 66.1 Å². The van der Waals surface area contributed by atoms with Gasteiger partial charge in [0.25, 0.3) is 0 Å². The Labute approximate surface area is 174 Å². The van der Waals surface area contributed by atoms with Crippen molar-refractivity contribution in [2.45, 2.75) is 64.9 Å². The van der Waals surface area contributed by atoms with Crippen molar-refractivity contribution in [2.24, 2.45) is 0 Å². The quantitative estimate of drug-likeness (QED) is 0.276. The standard InChI is InChI=1S/C25H33FN2O/c1-4-6-10-18-29-20(3)12-8-7-9-13-22-15-17-25(28-27-22)23-16-14-21(11-5-2)19-24(23)26/h5,9,13-17,19-20H,2,4,6-8,10-12,18H2,1,3H3/b13-9+. The van der Waals surface area contributed by atoms with E-state index in [0.717, 1.165) is 43.5 Å². The van der Waals surface area contributed by atoms with E-state index < -0.39 is 0 Å². The molecule has 0 saturated carbocycles. The molecule has 2 rings (SSSR count). The molecule has 1 aromatic carbocycles. The molecule has 0 saturated heterocycles. The van der Waals surface area contributed by atoms with E-state index in [1.54, 1.807) is 12.1 Å². The summed E-state index contributed by atoms with van der Waals surface area (Å²) in [5, 5.41) is 8.38. The van der Waals surface area contributed by atoms with Crippen LogP contribution in [0.3, 0.4) is 0 Å². The number of rotatable bonds is 13. The molecule has 0 N–H and O–H groups in total. The molecule has 0 radical (unpaired) electrons. The lowest BCUT2D eigenvalue weighted by Crippen LogP contribution is -2.08. The molecule has 0 amide bonds. The lowest BCUT2D eigenvalue weighted by atomic mass is 10.1. The first-order valence-electron chi connectivity index (χ1n) is 10.7. The second kappa shape index (κ2) is 13.0. The SMILES string of the molecule is C=CCc1ccc(-c2ccc(/C=C/CCCC(C)OCCCCC)nn2)c(F)c1. The predicted molar refractivity (Wildman–Crippen MR) is 119 cm³/mol. The zero-order chi connectivity index (χ0) is 20.9. The first-order chi connectivity index (χ1) is 14.1. The van der Waals surface area contributed by atoms with Crippen LogP contribution in [0, 0.1) is 5.82 Å². The minimum atomic E-state index is -0.284. The van der Waals surface area contributed by atoms with Crippen LogP contribution in [0.25, 0.3) is 17.3 Å². The highest BCUT2D eigenvalue weighted by Gasteiger charge is 2.08. The van der Waals surface area contributed by atoms with Gasteiger partial charge in [-0.25, -0.2) is 4.39 Å². The highest BCUT2D eigenvalue weighted by molar-refractivity contribution is 5.61. The Bertz CT molecular complexity index is 771. The summed E-state index contributed by atoms with van der Waals surface area (Å²) < 4.78 is 20.1. The van der Waals surface area contributed by atoms with Crippen molar-refractivity contribution in [3.8, 4) is 11.3 Å². The Kier molecular flexibility index (Phi) is 10.3. The third-order valence-electron chi connectivity index (χ3n) is 4.79. The summed E-state index contributed by atoms with van der Waals surface area (Å²) in [6, 6.07) is 8.85. The predicted octanol–water partition coefficient (Wildman–Crippen LogP) is 6.79. The molecule has 1 aromatic heterocycles. The van der Waals surface area contributed by atoms with Crippen LogP contribution in [0.4, 0.5) is 4.39 Å². The normalized spacial score (nSPS) is 12.4. The van der Waals surface area contributed by atoms with E-state index in [-0.39, 0.29) is 5.82 Å². The van der Waals surface area contributed by atoms with E-state index in [0.29, 0.717) is 23.8 Å². The Morgan fingerprint density at radius 2 is 2.00 bits per heavy atom. The van der Waals surface area contributed by atoms with Gasteiger partial charge in [0.05, 0.1) is 17.5 Å². The minimum Gasteiger partial charge on any atom is -0.379 e. The molecule has 29 heavy (non-hydrogen) atoms. The van der Waals surface area contributed by atoms with Crippen LogP contribution < -0.4 is 0 Å². The largest absolute Gasteiger partial charge is 0.379 e. The van der Waals surface area contributed by atoms with Gasteiger partial charge < -0.3 is 4.74 Å². The zero-order valence-electron chi connectivity index (χ0n) is 17.7. The minimum absolute atomic E-state index is 0.284. The lowest BCUT2D eigenvalue weighted by molar-refractivity contribution is 0.0566. The molecule has 0 fully saturated rings. The Balaban J connectivity index is 1.78. The topological polar surface area (TPSA) is 35.0 Å². The molecule has 0 aliphatic carbocycles. The second-order valence-electron chi connectivity index (χ2n) is 7.37. The third kappa shape index (κ3) is 8.28. The lowest BCUT2D eigenvalue weighted by Gasteiger charge is -2.11. The summed E-state index contributed by atoms with van der Waals surface area (Å²) in [7, 11) is 0. The second-order valence-corrected chi connectivity index (χ2v) is 7.37. The molecule has 2 aromatic rings. The monoisotopic (exact) mass is 396 g/mol. The van der Waals surface area contributed by atoms with Gasteiger partial charge >= 0.3 is 0 Å². The number of ether oxygens (including phenoxy) is 1. The highest BCUT2D eigenvalue weighted by atomic mass is 19.1. The van der Waals surface area contributed by atoms with Gasteiger partial charge in [0, 0.05) is 12.2 Å². The number of allylic oxidation sites excluding steroid dienone is 2. The van der Waals surface area contributed by atoms with E-state index in [4.69, 9.17) is 4.74 Å². The molecular formula is C25H33FN2O. The highest BCUT2D eigenvalue weighted by Crippen LogP contribution is 2.22. The number of unbranched alkanes of at least 4 members (excludes halogenated alkanes) is 3. The Hall–Kier alpha value is -2.33. The zero-order valence-corrected chi connectivity index (χ0v) is 17.7. The number of nitrogens with zero attached hydrogens (tertiary/aromatic N) is 2. The Morgan fingerprint density at radius 1 is 1.14 bits per heavy atom. The molecule has 1 unspecified atom stereocenters. The summed E-state index contributed by atoms with van der Waals surface area (Å²) in [5.41, 5.74) is 2.68. The smallest absolute Gasteiger partial charge is 0.132 e. The molecule has 0 aliphatic heterocycles. The fourth-order valence-corrected chi connectivity index (χ4v) is 3.08. The van der Waals surface area contributed by atoms with Crippen molar-refractivity contribution in [3.63, 3.8) is 0 Å². The van der Waals surface area contributed by atoms with Gasteiger partial charge in [-0.15, -0.1) is 11.7 Å². The van der Waals surface area contributed by atoms with Crippen LogP contribution in [0.15, 0.2) is 49.1 Å². The molecule has 0 aliphatic rings. The summed E-state index contributed by atoms with van der Waals surface area (Å²) in [5.74, 6) is -0.284. The first-order valence-corrected chi connectivity index (χ1v) is 10.7. The van der Waals surface area contributed by atoms with Gasteiger partial charge in [-0.05, 0) is 74.9 Å². The molecular weight excluding hydrogens is 363 g/mol. The van der Waals surface area contributed by atoms with E-state index in [9.17, 15) is 4.39 Å². The molecule has 1 heterocycles. The number of hydrogen-bond acceptors (Lipinski definition) is 3. The molecule has 3 nitrogen and oxygen atoms in total. The van der Waals surface area contributed by atoms with Crippen molar-refractivity contribution >= 4 is 6.08 Å². The fraction of sp³-hybridized carbons (Fsp3) is 0.440. The molecule has 1 atom stereocenters. The van der Waals surface area contributed by atoms with Crippen molar-refractivity contribution in [1.82, 2.24) is 10.2 Å². The third-order valence-corrected chi connectivity index (χ3v) is 4.79. The summed E-state index contributed by atoms with van der Waals surface area (Å²) in [6.45, 7) is 8.89. The average molecular weight is 397 g/mol. The molecule has 0 bridgehead atoms. The van der Waals surface area contributed by atoms with E-state index in [1.165, 1.54) is 18.9 Å². The van der Waals surface area contributed by atoms with E-state index in [2.05, 4.69) is 36.7 Å². The van der Waals surface area contributed by atoms with Crippen LogP contribution >= 0.6 is 0 Å². The number of hydrogen-bond donors (Lipinski definition) is 0. The summed E-state index contributed by atoms with van der Waals surface area (Å²) in [6.07, 6.45) is 13.5. The van der Waals surface area contributed by atoms with Gasteiger partial charge in [0.1, 0.15) is 5.82 Å². The number of benzene rings is 1. The maximum absolute atomic E-state index is 14.3. The fourth-order valence-electron chi connectivity index (χ4n) is 3.08. The van der Waals surface area contributed by atoms with Gasteiger partial charge in [-0.2, -0.15) is 5.10 Å². The number of aromatic nitrogens is 2. The molecule has 4 heteroatoms. The molecule has 156 valence electrons. The maximum Gasteiger partial charge on any atom is 0.132 e. The summed E-state index contributed by atoms with van der Waals surface area (Å²) in [4.78, 5) is 0. The Morgan fingerprint density at radius 3 is 2.69 bits per heavy atom. The van der Waals surface area contributed by atoms with Crippen molar-refractivity contribution < 1.29 is 9.13 Å². The molecule has 0 spiro atoms. The van der Waals surface area contributed by atoms with Crippen molar-refractivity contribution in [2.75, 3.05) is 6.61 Å². The van der Waals surface area contributed by atoms with Gasteiger partial charge in [0.2, 0.25) is 0 Å². The van der Waals surface area contributed by atoms with Crippen LogP contribution in [0.1, 0.15) is 63.6 Å². The maximum atomic E-state index is 14.3. The van der Waals surface area contributed by atoms with Gasteiger partial charge in [-0.1, -0.05) is 38.0 Å². The van der Waals surface area contributed by atoms with Gasteiger partial charge in [0.15, 0.2) is 0 Å². The number of halogens is 1.